The molecule has 0 atom stereocenters. The molecule has 3 aromatic heterocycles. The largest absolute Gasteiger partial charge is 0.433 e. The summed E-state index contributed by atoms with van der Waals surface area (Å²) in [6.45, 7) is 0. The third kappa shape index (κ3) is 6.16. The predicted octanol–water partition coefficient (Wildman–Crippen LogP) is 5.85. The van der Waals surface area contributed by atoms with Crippen LogP contribution in [-0.2, 0) is 16.2 Å². The molecule has 0 unspecified atom stereocenters. The first-order chi connectivity index (χ1) is 18.1. The van der Waals surface area contributed by atoms with E-state index in [1.807, 2.05) is 0 Å². The highest BCUT2D eigenvalue weighted by Crippen LogP contribution is 2.32. The molecule has 39 heavy (non-hydrogen) atoms. The molecule has 0 aliphatic heterocycles. The summed E-state index contributed by atoms with van der Waals surface area (Å²) in [5, 5.41) is 0.0911. The van der Waals surface area contributed by atoms with Gasteiger partial charge < -0.3 is 4.98 Å². The number of anilines is 1. The van der Waals surface area contributed by atoms with Crippen molar-refractivity contribution < 1.29 is 48.3 Å². The van der Waals surface area contributed by atoms with Crippen LogP contribution >= 0.6 is 0 Å². The number of aromatic amines is 1. The molecule has 4 aromatic rings. The molecule has 16 heteroatoms. The molecule has 0 aliphatic rings. The number of ketones is 1. The number of alkyl halides is 6. The van der Waals surface area contributed by atoms with Crippen LogP contribution in [0.25, 0.3) is 22.2 Å². The number of rotatable bonds is 7. The van der Waals surface area contributed by atoms with Crippen LogP contribution in [0.4, 0.5) is 40.8 Å². The average molecular weight is 578 g/mol. The van der Waals surface area contributed by atoms with Crippen molar-refractivity contribution in [1.82, 2.24) is 15.0 Å². The number of hydrogen-bond acceptors (Lipinski definition) is 5. The van der Waals surface area contributed by atoms with Gasteiger partial charge in [-0.05, 0) is 24.3 Å². The van der Waals surface area contributed by atoms with Gasteiger partial charge in [-0.2, -0.15) is 26.3 Å². The highest BCUT2D eigenvalue weighted by molar-refractivity contribution is 7.92. The number of benzene rings is 1. The van der Waals surface area contributed by atoms with Crippen molar-refractivity contribution in [2.45, 2.75) is 18.8 Å². The fraction of sp³-hybridized carbons (Fsp3) is 0.174. The van der Waals surface area contributed by atoms with Crippen molar-refractivity contribution >= 4 is 32.5 Å². The lowest BCUT2D eigenvalue weighted by Crippen LogP contribution is -2.23. The molecular weight excluding hydrogens is 564 g/mol. The Bertz CT molecular complexity index is 1660. The number of nitrogens with zero attached hydrogens (tertiary/aromatic N) is 2. The lowest BCUT2D eigenvalue weighted by atomic mass is 10.0. The fourth-order valence-corrected chi connectivity index (χ4v) is 4.60. The molecule has 0 bridgehead atoms. The minimum Gasteiger partial charge on any atom is -0.345 e. The van der Waals surface area contributed by atoms with E-state index in [1.165, 1.54) is 17.0 Å². The molecule has 206 valence electrons. The molecule has 7 nitrogen and oxygen atoms in total. The Morgan fingerprint density at radius 1 is 0.923 bits per heavy atom. The number of hydrogen-bond donors (Lipinski definition) is 2. The van der Waals surface area contributed by atoms with Crippen molar-refractivity contribution in [2.24, 2.45) is 0 Å². The van der Waals surface area contributed by atoms with Crippen molar-refractivity contribution in [2.75, 3.05) is 10.5 Å². The second kappa shape index (κ2) is 9.91. The van der Waals surface area contributed by atoms with Gasteiger partial charge in [-0.3, -0.25) is 14.5 Å². The highest BCUT2D eigenvalue weighted by atomic mass is 32.2. The molecule has 1 aromatic carbocycles. The van der Waals surface area contributed by atoms with E-state index in [4.69, 9.17) is 0 Å². The molecule has 0 fully saturated rings. The van der Waals surface area contributed by atoms with Crippen molar-refractivity contribution in [3.05, 3.63) is 77.4 Å². The topological polar surface area (TPSA) is 105 Å². The second-order valence-electron chi connectivity index (χ2n) is 8.15. The van der Waals surface area contributed by atoms with Gasteiger partial charge in [-0.25, -0.2) is 22.2 Å². The molecule has 2 N–H and O–H groups in total. The molecule has 0 saturated carbocycles. The number of carbonyl (C=O) groups is 1. The van der Waals surface area contributed by atoms with Gasteiger partial charge in [0.05, 0.1) is 17.7 Å². The zero-order chi connectivity index (χ0) is 28.8. The van der Waals surface area contributed by atoms with Crippen LogP contribution < -0.4 is 4.72 Å². The lowest BCUT2D eigenvalue weighted by molar-refractivity contribution is -0.141. The van der Waals surface area contributed by atoms with E-state index in [1.54, 1.807) is 0 Å². The normalized spacial score (nSPS) is 12.6. The molecule has 0 spiro atoms. The van der Waals surface area contributed by atoms with Gasteiger partial charge in [0.25, 0.3) is 0 Å². The van der Waals surface area contributed by atoms with E-state index < -0.39 is 68.9 Å². The first-order valence-electron chi connectivity index (χ1n) is 10.7. The van der Waals surface area contributed by atoms with Crippen LogP contribution in [-0.4, -0.2) is 41.1 Å². The minimum absolute atomic E-state index is 0.0911. The maximum atomic E-state index is 15.1. The third-order valence-electron chi connectivity index (χ3n) is 5.41. The maximum absolute atomic E-state index is 15.1. The van der Waals surface area contributed by atoms with Gasteiger partial charge in [0.2, 0.25) is 10.0 Å². The van der Waals surface area contributed by atoms with Crippen LogP contribution in [0.2, 0.25) is 0 Å². The number of sulfonamides is 1. The summed E-state index contributed by atoms with van der Waals surface area (Å²) in [7, 11) is -4.85. The van der Waals surface area contributed by atoms with Crippen LogP contribution in [0, 0.1) is 11.6 Å². The van der Waals surface area contributed by atoms with Crippen molar-refractivity contribution in [1.29, 1.82) is 0 Å². The third-order valence-corrected chi connectivity index (χ3v) is 6.67. The quantitative estimate of drug-likeness (QED) is 0.212. The van der Waals surface area contributed by atoms with E-state index >= 15 is 4.39 Å². The summed E-state index contributed by atoms with van der Waals surface area (Å²) < 4.78 is 130. The Balaban J connectivity index is 1.68. The zero-order valence-corrected chi connectivity index (χ0v) is 19.9. The first-order valence-corrected chi connectivity index (χ1v) is 12.3. The van der Waals surface area contributed by atoms with E-state index in [-0.39, 0.29) is 27.7 Å². The van der Waals surface area contributed by atoms with E-state index in [0.717, 1.165) is 30.6 Å². The number of halogens is 8. The fourth-order valence-electron chi connectivity index (χ4n) is 3.50. The molecule has 0 amide bonds. The molecule has 0 saturated heterocycles. The number of nitrogens with one attached hydrogen (secondary N) is 2. The zero-order valence-electron chi connectivity index (χ0n) is 19.1. The smallest absolute Gasteiger partial charge is 0.345 e. The Hall–Kier alpha value is -4.08. The van der Waals surface area contributed by atoms with Gasteiger partial charge in [-0.15, -0.1) is 0 Å². The van der Waals surface area contributed by atoms with Gasteiger partial charge in [0.1, 0.15) is 22.8 Å². The highest BCUT2D eigenvalue weighted by Gasteiger charge is 2.33. The Morgan fingerprint density at radius 2 is 1.62 bits per heavy atom. The predicted molar refractivity (Wildman–Crippen MR) is 122 cm³/mol. The number of H-pyrrole nitrogens is 1. The number of fused-ring (bicyclic) bond motifs is 1. The van der Waals surface area contributed by atoms with Gasteiger partial charge >= 0.3 is 12.4 Å². The molecule has 0 radical (unpaired) electrons. The molecular formula is C23H14F8N4O3S. The summed E-state index contributed by atoms with van der Waals surface area (Å²) in [4.78, 5) is 23.2. The van der Waals surface area contributed by atoms with E-state index in [9.17, 15) is 43.9 Å². The SMILES string of the molecule is O=C(c1ccc(F)c(NS(=O)(=O)CCC(F)(F)F)c1F)c1c[nH]c2ncc(-c3ccc(C(F)(F)F)nc3)cc12. The van der Waals surface area contributed by atoms with Crippen LogP contribution in [0.1, 0.15) is 28.0 Å². The summed E-state index contributed by atoms with van der Waals surface area (Å²) in [6, 6.07) is 4.51. The minimum atomic E-state index is -4.85. The van der Waals surface area contributed by atoms with Gasteiger partial charge in [0.15, 0.2) is 11.6 Å². The first kappa shape index (κ1) is 27.9. The summed E-state index contributed by atoms with van der Waals surface area (Å²) >= 11 is 0. The number of carbonyl (C=O) groups excluding carboxylic acids is 1. The lowest BCUT2D eigenvalue weighted by Gasteiger charge is -2.13. The Labute approximate surface area is 213 Å². The van der Waals surface area contributed by atoms with Crippen molar-refractivity contribution in [3.8, 4) is 11.1 Å². The maximum Gasteiger partial charge on any atom is 0.433 e. The van der Waals surface area contributed by atoms with E-state index in [0.29, 0.717) is 6.07 Å². The second-order valence-corrected chi connectivity index (χ2v) is 9.99. The average Bonchev–Trinajstić information content (AvgIpc) is 3.28. The summed E-state index contributed by atoms with van der Waals surface area (Å²) in [6.07, 6.45) is -7.93. The Morgan fingerprint density at radius 3 is 2.23 bits per heavy atom. The van der Waals surface area contributed by atoms with Crippen LogP contribution in [0.15, 0.2) is 48.9 Å². The number of aromatic nitrogens is 3. The monoisotopic (exact) mass is 578 g/mol. The molecule has 0 aliphatic carbocycles. The summed E-state index contributed by atoms with van der Waals surface area (Å²) in [5.74, 6) is -5.72. The van der Waals surface area contributed by atoms with Crippen LogP contribution in [0.3, 0.4) is 0 Å². The Kier molecular flexibility index (Phi) is 7.10. The molecule has 3 heterocycles. The van der Waals surface area contributed by atoms with Gasteiger partial charge in [0, 0.05) is 40.7 Å². The molecule has 4 rings (SSSR count). The van der Waals surface area contributed by atoms with Gasteiger partial charge in [-0.1, -0.05) is 6.07 Å². The summed E-state index contributed by atoms with van der Waals surface area (Å²) in [5.41, 5.74) is -2.91. The van der Waals surface area contributed by atoms with Crippen LogP contribution in [0.5, 0.6) is 0 Å². The number of pyridine rings is 2. The van der Waals surface area contributed by atoms with Crippen molar-refractivity contribution in [3.63, 3.8) is 0 Å². The van der Waals surface area contributed by atoms with E-state index in [2.05, 4.69) is 15.0 Å². The standard InChI is InChI=1S/C23H14F8N4O3S/c24-16-3-2-13(18(25)19(16)35-39(37,38)6-5-22(26,27)28)20(36)15-10-34-21-14(15)7-12(9-33-21)11-1-4-17(32-8-11)23(29,30)31/h1-4,7-10,35H,5-6H2,(H,33,34).